The largest absolute Gasteiger partial charge is 0.465 e. The first-order chi connectivity index (χ1) is 13.7. The van der Waals surface area contributed by atoms with Gasteiger partial charge in [0.2, 0.25) is 0 Å². The molecule has 0 saturated heterocycles. The minimum Gasteiger partial charge on any atom is -0.465 e. The van der Waals surface area contributed by atoms with E-state index >= 15 is 0 Å². The van der Waals surface area contributed by atoms with Gasteiger partial charge in [-0.15, -0.1) is 0 Å². The van der Waals surface area contributed by atoms with Crippen LogP contribution in [-0.2, 0) is 26.9 Å². The Kier molecular flexibility index (Phi) is 8.29. The lowest BCUT2D eigenvalue weighted by Crippen LogP contribution is -2.40. The van der Waals surface area contributed by atoms with Gasteiger partial charge in [-0.2, -0.15) is 0 Å². The van der Waals surface area contributed by atoms with Crippen LogP contribution in [0.1, 0.15) is 52.9 Å². The fourth-order valence-corrected chi connectivity index (χ4v) is 4.63. The molecule has 0 bridgehead atoms. The summed E-state index contributed by atoms with van der Waals surface area (Å²) in [6.07, 6.45) is 1.03. The van der Waals surface area contributed by atoms with Crippen molar-refractivity contribution in [2.45, 2.75) is 58.4 Å². The van der Waals surface area contributed by atoms with Crippen LogP contribution in [0.2, 0.25) is 0 Å². The van der Waals surface area contributed by atoms with Crippen molar-refractivity contribution < 1.29 is 18.5 Å². The first-order valence-electron chi connectivity index (χ1n) is 9.75. The number of rotatable bonds is 9. The molecule has 0 unspecified atom stereocenters. The molecule has 0 heterocycles. The maximum Gasteiger partial charge on any atom is 0.324 e. The molecule has 2 aromatic rings. The topological polar surface area (TPSA) is 72.5 Å². The molecule has 2 rings (SSSR count). The summed E-state index contributed by atoms with van der Waals surface area (Å²) in [6.45, 7) is 9.38. The van der Waals surface area contributed by atoms with Crippen LogP contribution in [0, 0.1) is 20.8 Å². The first kappa shape index (κ1) is 23.0. The van der Waals surface area contributed by atoms with Crippen LogP contribution >= 0.6 is 0 Å². The molecule has 0 aliphatic heterocycles. The second-order valence-corrected chi connectivity index (χ2v) is 8.39. The third-order valence-corrected chi connectivity index (χ3v) is 6.21. The zero-order chi connectivity index (χ0) is 21.6. The van der Waals surface area contributed by atoms with Crippen molar-refractivity contribution >= 4 is 22.7 Å². The first-order valence-corrected chi connectivity index (χ1v) is 10.9. The lowest BCUT2D eigenvalue weighted by molar-refractivity contribution is -0.145. The molecule has 0 amide bonds. The number of Topliss-reactive ketones (excluding diaryl/α,β-unsaturated/α-hetero) is 1. The van der Waals surface area contributed by atoms with Crippen molar-refractivity contribution in [1.82, 2.24) is 4.72 Å². The van der Waals surface area contributed by atoms with Crippen molar-refractivity contribution in [2.75, 3.05) is 6.61 Å². The van der Waals surface area contributed by atoms with Crippen molar-refractivity contribution in [3.05, 3.63) is 64.2 Å². The minimum atomic E-state index is -1.53. The lowest BCUT2D eigenvalue weighted by atomic mass is 10.0. The van der Waals surface area contributed by atoms with Crippen molar-refractivity contribution in [3.8, 4) is 0 Å². The van der Waals surface area contributed by atoms with Gasteiger partial charge in [0.1, 0.15) is 17.0 Å². The highest BCUT2D eigenvalue weighted by Gasteiger charge is 2.24. The number of carbonyl (C=O) groups excluding carboxylic acids is 2. The van der Waals surface area contributed by atoms with E-state index in [2.05, 4.69) is 4.72 Å². The van der Waals surface area contributed by atoms with E-state index in [0.717, 1.165) is 22.3 Å². The van der Waals surface area contributed by atoms with Crippen molar-refractivity contribution in [3.63, 3.8) is 0 Å². The summed E-state index contributed by atoms with van der Waals surface area (Å²) in [4.78, 5) is 24.6. The van der Waals surface area contributed by atoms with Crippen molar-refractivity contribution in [1.29, 1.82) is 0 Å². The van der Waals surface area contributed by atoms with Gasteiger partial charge in [0, 0.05) is 5.56 Å². The molecule has 2 aromatic carbocycles. The van der Waals surface area contributed by atoms with Gasteiger partial charge in [-0.1, -0.05) is 42.0 Å². The maximum absolute atomic E-state index is 13.0. The standard InChI is InChI=1S/C23H29NO4S/c1-6-28-23(26)21(12-9-19-7-10-20(11-8-19)18(5)25)24-29(27)22-16(3)13-15(2)14-17(22)4/h7-8,10-11,13-14,21,24H,6,9,12H2,1-5H3/t21-,29-/m0/s1. The van der Waals surface area contributed by atoms with E-state index < -0.39 is 23.0 Å². The second-order valence-electron chi connectivity index (χ2n) is 7.21. The van der Waals surface area contributed by atoms with E-state index in [0.29, 0.717) is 23.3 Å². The number of carbonyl (C=O) groups is 2. The molecule has 0 radical (unpaired) electrons. The predicted octanol–water partition coefficient (Wildman–Crippen LogP) is 3.99. The van der Waals surface area contributed by atoms with Gasteiger partial charge < -0.3 is 4.74 Å². The Balaban J connectivity index is 2.15. The van der Waals surface area contributed by atoms with Gasteiger partial charge in [0.15, 0.2) is 5.78 Å². The highest BCUT2D eigenvalue weighted by molar-refractivity contribution is 7.83. The summed E-state index contributed by atoms with van der Waals surface area (Å²) in [5.41, 5.74) is 4.61. The zero-order valence-corrected chi connectivity index (χ0v) is 18.5. The number of benzene rings is 2. The molecule has 0 spiro atoms. The van der Waals surface area contributed by atoms with Crippen LogP contribution in [0.15, 0.2) is 41.3 Å². The molecule has 156 valence electrons. The SMILES string of the molecule is CCOC(=O)[C@H](CCc1ccc(C(C)=O)cc1)N[S@@](=O)c1c(C)cc(C)cc1C. The molecule has 1 N–H and O–H groups in total. The van der Waals surface area contributed by atoms with E-state index in [9.17, 15) is 13.8 Å². The number of aryl methyl sites for hydroxylation is 4. The molecule has 0 saturated carbocycles. The Morgan fingerprint density at radius 2 is 1.66 bits per heavy atom. The summed E-state index contributed by atoms with van der Waals surface area (Å²) >= 11 is 0. The Bertz CT molecular complexity index is 883. The highest BCUT2D eigenvalue weighted by Crippen LogP contribution is 2.20. The molecular weight excluding hydrogens is 386 g/mol. The van der Waals surface area contributed by atoms with E-state index in [4.69, 9.17) is 4.74 Å². The summed E-state index contributed by atoms with van der Waals surface area (Å²) in [6, 6.07) is 10.6. The van der Waals surface area contributed by atoms with Gasteiger partial charge in [-0.3, -0.25) is 9.59 Å². The molecule has 2 atom stereocenters. The zero-order valence-electron chi connectivity index (χ0n) is 17.7. The van der Waals surface area contributed by atoms with E-state index in [-0.39, 0.29) is 12.4 Å². The van der Waals surface area contributed by atoms with Gasteiger partial charge in [-0.25, -0.2) is 8.93 Å². The molecule has 0 aromatic heterocycles. The number of hydrogen-bond donors (Lipinski definition) is 1. The fourth-order valence-electron chi connectivity index (χ4n) is 3.33. The normalized spacial score (nSPS) is 13.0. The predicted molar refractivity (Wildman–Crippen MR) is 115 cm³/mol. The van der Waals surface area contributed by atoms with Crippen LogP contribution in [0.5, 0.6) is 0 Å². The quantitative estimate of drug-likeness (QED) is 0.496. The maximum atomic E-state index is 13.0. The van der Waals surface area contributed by atoms with Gasteiger partial charge >= 0.3 is 5.97 Å². The molecular formula is C23H29NO4S. The Morgan fingerprint density at radius 3 is 2.17 bits per heavy atom. The monoisotopic (exact) mass is 415 g/mol. The van der Waals surface area contributed by atoms with Crippen LogP contribution < -0.4 is 4.72 Å². The molecule has 0 aliphatic rings. The summed E-state index contributed by atoms with van der Waals surface area (Å²) in [7, 11) is -1.53. The van der Waals surface area contributed by atoms with E-state index in [1.54, 1.807) is 19.1 Å². The van der Waals surface area contributed by atoms with Crippen LogP contribution in [0.25, 0.3) is 0 Å². The number of ketones is 1. The Morgan fingerprint density at radius 1 is 1.07 bits per heavy atom. The summed E-state index contributed by atoms with van der Waals surface area (Å²) < 4.78 is 21.1. The van der Waals surface area contributed by atoms with E-state index in [1.165, 1.54) is 6.92 Å². The average molecular weight is 416 g/mol. The van der Waals surface area contributed by atoms with Crippen LogP contribution in [-0.4, -0.2) is 28.6 Å². The van der Waals surface area contributed by atoms with Gasteiger partial charge in [0.25, 0.3) is 0 Å². The molecule has 0 aliphatic carbocycles. The van der Waals surface area contributed by atoms with Gasteiger partial charge in [-0.05, 0) is 64.2 Å². The highest BCUT2D eigenvalue weighted by atomic mass is 32.2. The van der Waals surface area contributed by atoms with Crippen LogP contribution in [0.3, 0.4) is 0 Å². The average Bonchev–Trinajstić information content (AvgIpc) is 2.64. The van der Waals surface area contributed by atoms with Crippen molar-refractivity contribution in [2.24, 2.45) is 0 Å². The number of nitrogens with one attached hydrogen (secondary N) is 1. The molecule has 6 heteroatoms. The Labute approximate surface area is 175 Å². The number of hydrogen-bond acceptors (Lipinski definition) is 4. The van der Waals surface area contributed by atoms with E-state index in [1.807, 2.05) is 45.0 Å². The third kappa shape index (κ3) is 6.34. The number of ether oxygens (including phenoxy) is 1. The summed E-state index contributed by atoms with van der Waals surface area (Å²) in [5, 5.41) is 0. The second kappa shape index (κ2) is 10.5. The fraction of sp³-hybridized carbons (Fsp3) is 0.391. The third-order valence-electron chi connectivity index (χ3n) is 4.69. The molecule has 0 fully saturated rings. The molecule has 5 nitrogen and oxygen atoms in total. The minimum absolute atomic E-state index is 0.0156. The Hall–Kier alpha value is -2.31. The molecule has 29 heavy (non-hydrogen) atoms. The lowest BCUT2D eigenvalue weighted by Gasteiger charge is -2.19. The van der Waals surface area contributed by atoms with Crippen LogP contribution in [0.4, 0.5) is 0 Å². The van der Waals surface area contributed by atoms with Gasteiger partial charge in [0.05, 0.1) is 11.5 Å². The number of esters is 1. The summed E-state index contributed by atoms with van der Waals surface area (Å²) in [5.74, 6) is -0.398. The smallest absolute Gasteiger partial charge is 0.324 e.